The Morgan fingerprint density at radius 3 is 2.58 bits per heavy atom. The van der Waals surface area contributed by atoms with Crippen molar-refractivity contribution in [2.24, 2.45) is 4.99 Å². The third kappa shape index (κ3) is 6.19. The van der Waals surface area contributed by atoms with Gasteiger partial charge in [0.2, 0.25) is 5.95 Å². The van der Waals surface area contributed by atoms with Crippen LogP contribution in [-0.2, 0) is 5.54 Å². The largest absolute Gasteiger partial charge is 0.480 e. The van der Waals surface area contributed by atoms with Gasteiger partial charge in [0.05, 0.1) is 11.7 Å². The third-order valence-corrected chi connectivity index (χ3v) is 4.66. The Hall–Kier alpha value is -4.15. The van der Waals surface area contributed by atoms with Crippen molar-refractivity contribution in [2.75, 3.05) is 11.9 Å². The standard InChI is InChI=1S/C22H25FN8O2/c1-13(9-26-19(32)17-12-29-21(33)30-17)8-25-14(2)15-10-27-20(28-11-15)31-22(3,4)18-16(23)6-5-7-24-18/h5-8,10-12H,9H2,1-4H3,(H,26,32)(H,27,28,31)(H2,29,30,33)/b13-8+,25-14+. The number of hydrogen-bond acceptors (Lipinski definition) is 8. The minimum atomic E-state index is -0.810. The number of halogens is 1. The van der Waals surface area contributed by atoms with Crippen LogP contribution >= 0.6 is 0 Å². The van der Waals surface area contributed by atoms with E-state index < -0.39 is 11.4 Å². The van der Waals surface area contributed by atoms with E-state index in [0.29, 0.717) is 17.2 Å². The molecule has 0 radical (unpaired) electrons. The van der Waals surface area contributed by atoms with Gasteiger partial charge in [-0.2, -0.15) is 0 Å². The fraction of sp³-hybridized carbons (Fsp3) is 0.273. The molecule has 0 aromatic carbocycles. The van der Waals surface area contributed by atoms with Gasteiger partial charge in [0.15, 0.2) is 0 Å². The van der Waals surface area contributed by atoms with Gasteiger partial charge in [-0.05, 0) is 45.4 Å². The number of aliphatic imine (C=N–C) groups is 1. The number of pyridine rings is 1. The van der Waals surface area contributed by atoms with Gasteiger partial charge in [0, 0.05) is 42.6 Å². The van der Waals surface area contributed by atoms with Gasteiger partial charge >= 0.3 is 0 Å². The number of H-pyrrole nitrogens is 1. The second-order valence-corrected chi connectivity index (χ2v) is 7.87. The molecule has 0 unspecified atom stereocenters. The zero-order valence-corrected chi connectivity index (χ0v) is 18.7. The molecular formula is C22H25FN8O2. The summed E-state index contributed by atoms with van der Waals surface area (Å²) in [6.07, 6.45) is 7.66. The molecule has 0 aliphatic carbocycles. The number of nitrogens with zero attached hydrogens (tertiary/aromatic N) is 5. The van der Waals surface area contributed by atoms with E-state index in [0.717, 1.165) is 5.57 Å². The first-order chi connectivity index (χ1) is 15.7. The lowest BCUT2D eigenvalue weighted by Gasteiger charge is -2.25. The molecule has 0 atom stereocenters. The molecule has 0 saturated heterocycles. The zero-order chi connectivity index (χ0) is 24.0. The van der Waals surface area contributed by atoms with E-state index in [1.54, 1.807) is 32.4 Å². The molecule has 10 nitrogen and oxygen atoms in total. The second kappa shape index (κ2) is 9.98. The quantitative estimate of drug-likeness (QED) is 0.385. The van der Waals surface area contributed by atoms with Crippen molar-refractivity contribution in [1.82, 2.24) is 30.2 Å². The van der Waals surface area contributed by atoms with Crippen molar-refractivity contribution < 1.29 is 14.3 Å². The molecule has 4 N–H and O–H groups in total. The number of imidazole rings is 1. The van der Waals surface area contributed by atoms with Crippen molar-refractivity contribution in [3.05, 3.63) is 71.5 Å². The van der Waals surface area contributed by atoms with Gasteiger partial charge in [0.25, 0.3) is 11.9 Å². The number of anilines is 1. The first kappa shape index (κ1) is 23.5. The number of hydrogen-bond donors (Lipinski definition) is 4. The maximum absolute atomic E-state index is 14.1. The van der Waals surface area contributed by atoms with Crippen LogP contribution in [0.4, 0.5) is 10.3 Å². The van der Waals surface area contributed by atoms with Crippen molar-refractivity contribution in [3.63, 3.8) is 0 Å². The van der Waals surface area contributed by atoms with Crippen LogP contribution in [0, 0.1) is 5.82 Å². The second-order valence-electron chi connectivity index (χ2n) is 7.87. The van der Waals surface area contributed by atoms with E-state index in [-0.39, 0.29) is 29.9 Å². The Balaban J connectivity index is 1.60. The van der Waals surface area contributed by atoms with E-state index in [9.17, 15) is 9.18 Å². The van der Waals surface area contributed by atoms with Gasteiger partial charge in [0.1, 0.15) is 17.2 Å². The summed E-state index contributed by atoms with van der Waals surface area (Å²) >= 11 is 0. The molecule has 33 heavy (non-hydrogen) atoms. The molecule has 11 heteroatoms. The van der Waals surface area contributed by atoms with Crippen molar-refractivity contribution in [3.8, 4) is 6.01 Å². The summed E-state index contributed by atoms with van der Waals surface area (Å²) in [4.78, 5) is 35.1. The number of rotatable bonds is 8. The normalized spacial score (nSPS) is 12.5. The number of amides is 1. The maximum atomic E-state index is 14.1. The minimum Gasteiger partial charge on any atom is -0.480 e. The lowest BCUT2D eigenvalue weighted by atomic mass is 9.99. The monoisotopic (exact) mass is 452 g/mol. The fourth-order valence-corrected chi connectivity index (χ4v) is 2.83. The molecule has 3 aromatic heterocycles. The SMILES string of the molecule is C/C(=C\N=C(/C)c1cnc(NC(C)(C)c2ncccc2F)nc1)CNC(=O)c1cnc(O)[nH]1. The average Bonchev–Trinajstić information content (AvgIpc) is 3.22. The lowest BCUT2D eigenvalue weighted by Crippen LogP contribution is -2.31. The number of aromatic amines is 1. The van der Waals surface area contributed by atoms with Crippen molar-refractivity contribution >= 4 is 17.6 Å². The summed E-state index contributed by atoms with van der Waals surface area (Å²) in [6, 6.07) is 2.58. The van der Waals surface area contributed by atoms with Crippen LogP contribution in [-0.4, -0.2) is 48.2 Å². The highest BCUT2D eigenvalue weighted by Gasteiger charge is 2.26. The zero-order valence-electron chi connectivity index (χ0n) is 18.7. The van der Waals surface area contributed by atoms with E-state index >= 15 is 0 Å². The summed E-state index contributed by atoms with van der Waals surface area (Å²) in [6.45, 7) is 7.50. The molecule has 1 amide bonds. The highest BCUT2D eigenvalue weighted by Crippen LogP contribution is 2.24. The summed E-state index contributed by atoms with van der Waals surface area (Å²) in [7, 11) is 0. The van der Waals surface area contributed by atoms with Crippen LogP contribution < -0.4 is 10.6 Å². The van der Waals surface area contributed by atoms with Crippen LogP contribution in [0.2, 0.25) is 0 Å². The topological polar surface area (TPSA) is 141 Å². The number of nitrogens with one attached hydrogen (secondary N) is 3. The molecule has 0 aliphatic rings. The van der Waals surface area contributed by atoms with Gasteiger partial charge in [-0.1, -0.05) is 0 Å². The molecule has 0 fully saturated rings. The van der Waals surface area contributed by atoms with Crippen LogP contribution in [0.15, 0.2) is 53.7 Å². The predicted molar refractivity (Wildman–Crippen MR) is 121 cm³/mol. The molecule has 3 rings (SSSR count). The van der Waals surface area contributed by atoms with Gasteiger partial charge < -0.3 is 20.7 Å². The number of carbonyl (C=O) groups excluding carboxylic acids is 1. The van der Waals surface area contributed by atoms with Crippen LogP contribution in [0.5, 0.6) is 6.01 Å². The average molecular weight is 452 g/mol. The summed E-state index contributed by atoms with van der Waals surface area (Å²) in [5, 5.41) is 15.0. The smallest absolute Gasteiger partial charge is 0.291 e. The van der Waals surface area contributed by atoms with E-state index in [4.69, 9.17) is 5.11 Å². The van der Waals surface area contributed by atoms with Gasteiger partial charge in [-0.25, -0.2) is 19.3 Å². The summed E-state index contributed by atoms with van der Waals surface area (Å²) < 4.78 is 14.1. The van der Waals surface area contributed by atoms with E-state index in [2.05, 4.69) is 40.5 Å². The number of aromatic hydroxyl groups is 1. The Bertz CT molecular complexity index is 1190. The first-order valence-electron chi connectivity index (χ1n) is 10.1. The highest BCUT2D eigenvalue weighted by atomic mass is 19.1. The third-order valence-electron chi connectivity index (χ3n) is 4.66. The van der Waals surface area contributed by atoms with Gasteiger partial charge in [-0.3, -0.25) is 14.8 Å². The molecule has 0 bridgehead atoms. The number of aromatic nitrogens is 5. The molecule has 3 aromatic rings. The molecule has 0 saturated carbocycles. The Morgan fingerprint density at radius 2 is 1.94 bits per heavy atom. The fourth-order valence-electron chi connectivity index (χ4n) is 2.83. The summed E-state index contributed by atoms with van der Waals surface area (Å²) in [5.41, 5.74) is 1.83. The van der Waals surface area contributed by atoms with Crippen LogP contribution in [0.3, 0.4) is 0 Å². The number of carbonyl (C=O) groups is 1. The molecule has 172 valence electrons. The molecular weight excluding hydrogens is 427 g/mol. The van der Waals surface area contributed by atoms with Crippen molar-refractivity contribution in [2.45, 2.75) is 33.2 Å². The van der Waals surface area contributed by atoms with Crippen LogP contribution in [0.25, 0.3) is 0 Å². The lowest BCUT2D eigenvalue weighted by molar-refractivity contribution is 0.0952. The van der Waals surface area contributed by atoms with E-state index in [1.165, 1.54) is 24.5 Å². The molecule has 3 heterocycles. The van der Waals surface area contributed by atoms with Gasteiger partial charge in [-0.15, -0.1) is 0 Å². The van der Waals surface area contributed by atoms with E-state index in [1.807, 2.05) is 13.8 Å². The molecule has 0 aliphatic heterocycles. The first-order valence-corrected chi connectivity index (χ1v) is 10.1. The Morgan fingerprint density at radius 1 is 1.21 bits per heavy atom. The Kier molecular flexibility index (Phi) is 7.11. The minimum absolute atomic E-state index is 0.166. The summed E-state index contributed by atoms with van der Waals surface area (Å²) in [5.74, 6) is -0.460. The maximum Gasteiger partial charge on any atom is 0.291 e. The highest BCUT2D eigenvalue weighted by molar-refractivity contribution is 5.98. The predicted octanol–water partition coefficient (Wildman–Crippen LogP) is 2.93. The van der Waals surface area contributed by atoms with Crippen LogP contribution in [0.1, 0.15) is 49.4 Å². The molecule has 0 spiro atoms. The van der Waals surface area contributed by atoms with Crippen molar-refractivity contribution in [1.29, 1.82) is 0 Å². The Labute approximate surface area is 190 Å².